The highest BCUT2D eigenvalue weighted by atomic mass is 16.1. The Labute approximate surface area is 123 Å². The lowest BCUT2D eigenvalue weighted by atomic mass is 10.1. The van der Waals surface area contributed by atoms with Gasteiger partial charge in [0, 0.05) is 25.0 Å². The van der Waals surface area contributed by atoms with Crippen LogP contribution in [0.25, 0.3) is 0 Å². The molecule has 1 aromatic heterocycles. The molecule has 1 aliphatic rings. The summed E-state index contributed by atoms with van der Waals surface area (Å²) in [6.45, 7) is 2.72. The summed E-state index contributed by atoms with van der Waals surface area (Å²) in [5.74, 6) is 0.433. The maximum absolute atomic E-state index is 11.8. The van der Waals surface area contributed by atoms with Crippen molar-refractivity contribution < 1.29 is 4.79 Å². The van der Waals surface area contributed by atoms with Crippen molar-refractivity contribution in [2.45, 2.75) is 32.4 Å². The van der Waals surface area contributed by atoms with E-state index in [0.29, 0.717) is 24.1 Å². The van der Waals surface area contributed by atoms with E-state index in [4.69, 9.17) is 0 Å². The highest BCUT2D eigenvalue weighted by Gasteiger charge is 2.23. The van der Waals surface area contributed by atoms with Gasteiger partial charge in [0.2, 0.25) is 5.95 Å². The topological polar surface area (TPSA) is 66.9 Å². The molecule has 5 heteroatoms. The Bertz CT molecular complexity index is 635. The fourth-order valence-corrected chi connectivity index (χ4v) is 2.04. The Morgan fingerprint density at radius 3 is 2.71 bits per heavy atom. The molecule has 0 bridgehead atoms. The molecule has 0 aliphatic heterocycles. The molecule has 108 valence electrons. The summed E-state index contributed by atoms with van der Waals surface area (Å²) in [7, 11) is 0. The van der Waals surface area contributed by atoms with Gasteiger partial charge in [0.15, 0.2) is 0 Å². The average molecular weight is 282 g/mol. The molecule has 0 unspecified atom stereocenters. The minimum Gasteiger partial charge on any atom is -0.350 e. The second-order valence-electron chi connectivity index (χ2n) is 5.39. The molecule has 2 aromatic rings. The number of aryl methyl sites for hydroxylation is 1. The van der Waals surface area contributed by atoms with Gasteiger partial charge in [0.25, 0.3) is 5.91 Å². The first-order chi connectivity index (χ1) is 10.2. The number of anilines is 1. The Hall–Kier alpha value is -2.43. The molecule has 0 radical (unpaired) electrons. The summed E-state index contributed by atoms with van der Waals surface area (Å²) >= 11 is 0. The van der Waals surface area contributed by atoms with Crippen LogP contribution in [0.5, 0.6) is 0 Å². The zero-order chi connectivity index (χ0) is 14.7. The molecule has 2 N–H and O–H groups in total. The van der Waals surface area contributed by atoms with Crippen molar-refractivity contribution in [1.29, 1.82) is 0 Å². The maximum Gasteiger partial charge on any atom is 0.254 e. The Morgan fingerprint density at radius 2 is 2.05 bits per heavy atom. The fraction of sp³-hybridized carbons (Fsp3) is 0.312. The first-order valence-corrected chi connectivity index (χ1v) is 7.13. The summed E-state index contributed by atoms with van der Waals surface area (Å²) < 4.78 is 0. The number of nitrogens with zero attached hydrogens (tertiary/aromatic N) is 2. The van der Waals surface area contributed by atoms with Gasteiger partial charge in [0.05, 0.1) is 5.56 Å². The van der Waals surface area contributed by atoms with E-state index in [1.54, 1.807) is 12.4 Å². The van der Waals surface area contributed by atoms with Crippen LogP contribution < -0.4 is 10.6 Å². The summed E-state index contributed by atoms with van der Waals surface area (Å²) in [5, 5.41) is 6.07. The van der Waals surface area contributed by atoms with Crippen LogP contribution in [-0.4, -0.2) is 21.9 Å². The molecule has 0 atom stereocenters. The van der Waals surface area contributed by atoms with E-state index in [1.807, 2.05) is 6.07 Å². The summed E-state index contributed by atoms with van der Waals surface area (Å²) in [5.41, 5.74) is 2.90. The molecular weight excluding hydrogens is 264 g/mol. The van der Waals surface area contributed by atoms with E-state index < -0.39 is 0 Å². The lowest BCUT2D eigenvalue weighted by Gasteiger charge is -2.06. The number of amides is 1. The molecule has 1 saturated carbocycles. The number of carbonyl (C=O) groups is 1. The van der Waals surface area contributed by atoms with Crippen LogP contribution >= 0.6 is 0 Å². The van der Waals surface area contributed by atoms with Crippen molar-refractivity contribution in [3.63, 3.8) is 0 Å². The van der Waals surface area contributed by atoms with Crippen molar-refractivity contribution in [1.82, 2.24) is 15.3 Å². The SMILES string of the molecule is Cc1cccc(CNc2ncc(C(=O)NC3CC3)cn2)c1. The summed E-state index contributed by atoms with van der Waals surface area (Å²) in [4.78, 5) is 20.2. The predicted octanol–water partition coefficient (Wildman–Crippen LogP) is 2.29. The molecule has 1 amide bonds. The normalized spacial score (nSPS) is 13.8. The van der Waals surface area contributed by atoms with E-state index in [9.17, 15) is 4.79 Å². The molecule has 0 saturated heterocycles. The van der Waals surface area contributed by atoms with E-state index in [0.717, 1.165) is 12.8 Å². The zero-order valence-corrected chi connectivity index (χ0v) is 12.0. The monoisotopic (exact) mass is 282 g/mol. The first-order valence-electron chi connectivity index (χ1n) is 7.13. The third-order valence-corrected chi connectivity index (χ3v) is 3.36. The quantitative estimate of drug-likeness (QED) is 0.883. The third kappa shape index (κ3) is 3.78. The van der Waals surface area contributed by atoms with Crippen LogP contribution in [0.2, 0.25) is 0 Å². The minimum atomic E-state index is -0.0947. The van der Waals surface area contributed by atoms with Crippen LogP contribution in [0.4, 0.5) is 5.95 Å². The fourth-order valence-electron chi connectivity index (χ4n) is 2.04. The zero-order valence-electron chi connectivity index (χ0n) is 12.0. The van der Waals surface area contributed by atoms with Gasteiger partial charge in [-0.1, -0.05) is 29.8 Å². The van der Waals surface area contributed by atoms with Gasteiger partial charge in [-0.3, -0.25) is 4.79 Å². The number of carbonyl (C=O) groups excluding carboxylic acids is 1. The lowest BCUT2D eigenvalue weighted by Crippen LogP contribution is -2.25. The highest BCUT2D eigenvalue weighted by molar-refractivity contribution is 5.94. The van der Waals surface area contributed by atoms with Gasteiger partial charge < -0.3 is 10.6 Å². The second-order valence-corrected chi connectivity index (χ2v) is 5.39. The number of rotatable bonds is 5. The Morgan fingerprint density at radius 1 is 1.29 bits per heavy atom. The lowest BCUT2D eigenvalue weighted by molar-refractivity contribution is 0.0950. The van der Waals surface area contributed by atoms with Gasteiger partial charge in [-0.2, -0.15) is 0 Å². The number of hydrogen-bond acceptors (Lipinski definition) is 4. The molecular formula is C16H18N4O. The molecule has 1 aliphatic carbocycles. The maximum atomic E-state index is 11.8. The van der Waals surface area contributed by atoms with Crippen LogP contribution in [0.3, 0.4) is 0 Å². The minimum absolute atomic E-state index is 0.0947. The second kappa shape index (κ2) is 5.91. The van der Waals surface area contributed by atoms with Crippen molar-refractivity contribution >= 4 is 11.9 Å². The van der Waals surface area contributed by atoms with E-state index in [2.05, 4.69) is 45.7 Å². The van der Waals surface area contributed by atoms with Crippen LogP contribution in [0, 0.1) is 6.92 Å². The van der Waals surface area contributed by atoms with E-state index in [-0.39, 0.29) is 5.91 Å². The van der Waals surface area contributed by atoms with E-state index >= 15 is 0 Å². The van der Waals surface area contributed by atoms with Gasteiger partial charge in [0.1, 0.15) is 0 Å². The van der Waals surface area contributed by atoms with Gasteiger partial charge in [-0.05, 0) is 25.3 Å². The standard InChI is InChI=1S/C16H18N4O/c1-11-3-2-4-12(7-11)8-17-16-18-9-13(10-19-16)15(21)20-14-5-6-14/h2-4,7,9-10,14H,5-6,8H2,1H3,(H,20,21)(H,17,18,19). The number of benzene rings is 1. The third-order valence-electron chi connectivity index (χ3n) is 3.36. The van der Waals surface area contributed by atoms with Gasteiger partial charge in [-0.25, -0.2) is 9.97 Å². The van der Waals surface area contributed by atoms with Crippen LogP contribution in [0.1, 0.15) is 34.3 Å². The number of hydrogen-bond donors (Lipinski definition) is 2. The molecule has 3 rings (SSSR count). The molecule has 1 heterocycles. The van der Waals surface area contributed by atoms with Gasteiger partial charge >= 0.3 is 0 Å². The van der Waals surface area contributed by atoms with Crippen molar-refractivity contribution in [3.8, 4) is 0 Å². The Kier molecular flexibility index (Phi) is 3.81. The van der Waals surface area contributed by atoms with Crippen LogP contribution in [0.15, 0.2) is 36.7 Å². The predicted molar refractivity (Wildman–Crippen MR) is 81.0 cm³/mol. The molecule has 1 aromatic carbocycles. The van der Waals surface area contributed by atoms with Gasteiger partial charge in [-0.15, -0.1) is 0 Å². The van der Waals surface area contributed by atoms with Crippen molar-refractivity contribution in [2.24, 2.45) is 0 Å². The highest BCUT2D eigenvalue weighted by Crippen LogP contribution is 2.19. The Balaban J connectivity index is 1.57. The largest absolute Gasteiger partial charge is 0.350 e. The average Bonchev–Trinajstić information content (AvgIpc) is 3.30. The molecule has 21 heavy (non-hydrogen) atoms. The van der Waals surface area contributed by atoms with E-state index in [1.165, 1.54) is 11.1 Å². The van der Waals surface area contributed by atoms with Crippen LogP contribution in [-0.2, 0) is 6.54 Å². The number of nitrogens with one attached hydrogen (secondary N) is 2. The smallest absolute Gasteiger partial charge is 0.254 e. The van der Waals surface area contributed by atoms with Crippen molar-refractivity contribution in [3.05, 3.63) is 53.3 Å². The summed E-state index contributed by atoms with van der Waals surface area (Å²) in [6, 6.07) is 8.60. The molecule has 1 fully saturated rings. The van der Waals surface area contributed by atoms with Crippen molar-refractivity contribution in [2.75, 3.05) is 5.32 Å². The molecule has 5 nitrogen and oxygen atoms in total. The summed E-state index contributed by atoms with van der Waals surface area (Å²) in [6.07, 6.45) is 5.26. The molecule has 0 spiro atoms. The first kappa shape index (κ1) is 13.5. The number of aromatic nitrogens is 2.